The molecule has 1 fully saturated rings. The highest BCUT2D eigenvalue weighted by Crippen LogP contribution is 2.40. The van der Waals surface area contributed by atoms with Crippen molar-refractivity contribution in [2.75, 3.05) is 5.32 Å². The molecule has 0 bridgehead atoms. The molecule has 3 rings (SSSR count). The topological polar surface area (TPSA) is 68.1 Å². The van der Waals surface area contributed by atoms with Crippen molar-refractivity contribution < 1.29 is 4.92 Å². The lowest BCUT2D eigenvalue weighted by Crippen LogP contribution is -2.16. The van der Waals surface area contributed by atoms with Crippen LogP contribution in [0, 0.1) is 10.1 Å². The highest BCUT2D eigenvalue weighted by molar-refractivity contribution is 5.96. The molecule has 1 aliphatic rings. The third-order valence-electron chi connectivity index (χ3n) is 3.38. The zero-order chi connectivity index (χ0) is 12.8. The molecule has 0 aliphatic heterocycles. The van der Waals surface area contributed by atoms with Crippen LogP contribution in [0.15, 0.2) is 30.5 Å². The fourth-order valence-electron chi connectivity index (χ4n) is 2.06. The van der Waals surface area contributed by atoms with Crippen LogP contribution in [0.5, 0.6) is 0 Å². The van der Waals surface area contributed by atoms with Crippen LogP contribution in [-0.4, -0.2) is 15.4 Å². The van der Waals surface area contributed by atoms with Crippen LogP contribution in [0.4, 0.5) is 11.4 Å². The summed E-state index contributed by atoms with van der Waals surface area (Å²) in [4.78, 5) is 14.9. The van der Waals surface area contributed by atoms with Crippen molar-refractivity contribution >= 4 is 22.3 Å². The smallest absolute Gasteiger partial charge is 0.278 e. The Morgan fingerprint density at radius 2 is 2.17 bits per heavy atom. The Morgan fingerprint density at radius 1 is 1.39 bits per heavy atom. The van der Waals surface area contributed by atoms with Crippen LogP contribution in [0.3, 0.4) is 0 Å². The van der Waals surface area contributed by atoms with E-state index in [1.165, 1.54) is 6.07 Å². The molecule has 5 heteroatoms. The van der Waals surface area contributed by atoms with Crippen molar-refractivity contribution in [3.8, 4) is 0 Å². The van der Waals surface area contributed by atoms with Crippen LogP contribution in [0.25, 0.3) is 10.9 Å². The second-order valence-corrected chi connectivity index (χ2v) is 4.97. The molecule has 92 valence electrons. The van der Waals surface area contributed by atoms with Gasteiger partial charge in [-0.2, -0.15) is 0 Å². The maximum atomic E-state index is 11.0. The van der Waals surface area contributed by atoms with Crippen molar-refractivity contribution in [3.05, 3.63) is 40.6 Å². The summed E-state index contributed by atoms with van der Waals surface area (Å²) in [6, 6.07) is 6.74. The van der Waals surface area contributed by atoms with Crippen LogP contribution >= 0.6 is 0 Å². The van der Waals surface area contributed by atoms with E-state index in [0.29, 0.717) is 10.9 Å². The van der Waals surface area contributed by atoms with Gasteiger partial charge in [-0.15, -0.1) is 0 Å². The summed E-state index contributed by atoms with van der Waals surface area (Å²) >= 11 is 0. The van der Waals surface area contributed by atoms with Crippen LogP contribution in [0.1, 0.15) is 19.8 Å². The molecule has 1 aliphatic carbocycles. The summed E-state index contributed by atoms with van der Waals surface area (Å²) in [5.74, 6) is 0. The standard InChI is InChI=1S/C13H13N3O2/c1-13(6-7-13)15-10-4-5-11(16(17)18)9-3-2-8-14-12(9)10/h2-5,8,15H,6-7H2,1H3. The van der Waals surface area contributed by atoms with E-state index < -0.39 is 0 Å². The predicted molar refractivity (Wildman–Crippen MR) is 69.7 cm³/mol. The molecule has 2 aromatic rings. The van der Waals surface area contributed by atoms with E-state index in [4.69, 9.17) is 0 Å². The highest BCUT2D eigenvalue weighted by atomic mass is 16.6. The summed E-state index contributed by atoms with van der Waals surface area (Å²) in [7, 11) is 0. The van der Waals surface area contributed by atoms with Gasteiger partial charge in [0, 0.05) is 17.8 Å². The third kappa shape index (κ3) is 1.77. The number of aromatic nitrogens is 1. The molecule has 1 heterocycles. The first-order valence-corrected chi connectivity index (χ1v) is 5.89. The molecule has 5 nitrogen and oxygen atoms in total. The number of non-ortho nitro benzene ring substituents is 1. The van der Waals surface area contributed by atoms with Crippen molar-refractivity contribution in [2.45, 2.75) is 25.3 Å². The summed E-state index contributed by atoms with van der Waals surface area (Å²) in [5.41, 5.74) is 1.77. The van der Waals surface area contributed by atoms with Crippen LogP contribution < -0.4 is 5.32 Å². The van der Waals surface area contributed by atoms with Gasteiger partial charge in [-0.05, 0) is 38.0 Å². The molecule has 1 aromatic carbocycles. The van der Waals surface area contributed by atoms with Crippen molar-refractivity contribution in [2.24, 2.45) is 0 Å². The fraction of sp³-hybridized carbons (Fsp3) is 0.308. The summed E-state index contributed by atoms with van der Waals surface area (Å²) in [6.07, 6.45) is 3.91. The Kier molecular flexibility index (Phi) is 2.23. The van der Waals surface area contributed by atoms with Gasteiger partial charge in [0.15, 0.2) is 0 Å². The molecule has 18 heavy (non-hydrogen) atoms. The minimum Gasteiger partial charge on any atom is -0.378 e. The molecular formula is C13H13N3O2. The Morgan fingerprint density at radius 3 is 2.83 bits per heavy atom. The van der Waals surface area contributed by atoms with Gasteiger partial charge >= 0.3 is 0 Å². The predicted octanol–water partition coefficient (Wildman–Crippen LogP) is 3.11. The number of nitro benzene ring substituents is 1. The largest absolute Gasteiger partial charge is 0.378 e. The summed E-state index contributed by atoms with van der Waals surface area (Å²) in [6.45, 7) is 2.14. The zero-order valence-electron chi connectivity index (χ0n) is 10.0. The Labute approximate surface area is 104 Å². The molecule has 1 N–H and O–H groups in total. The lowest BCUT2D eigenvalue weighted by molar-refractivity contribution is -0.383. The number of fused-ring (bicyclic) bond motifs is 1. The molecule has 1 aromatic heterocycles. The van der Waals surface area contributed by atoms with Crippen molar-refractivity contribution in [1.29, 1.82) is 0 Å². The van der Waals surface area contributed by atoms with Crippen LogP contribution in [-0.2, 0) is 0 Å². The summed E-state index contributed by atoms with van der Waals surface area (Å²) in [5, 5.41) is 15.0. The molecule has 0 unspecified atom stereocenters. The molecule has 0 saturated heterocycles. The Hall–Kier alpha value is -2.17. The number of nitrogens with one attached hydrogen (secondary N) is 1. The lowest BCUT2D eigenvalue weighted by atomic mass is 10.1. The fourth-order valence-corrected chi connectivity index (χ4v) is 2.06. The maximum Gasteiger partial charge on any atom is 0.278 e. The van der Waals surface area contributed by atoms with Gasteiger partial charge in [0.25, 0.3) is 5.69 Å². The number of nitro groups is 1. The van der Waals surface area contributed by atoms with Gasteiger partial charge in [0.1, 0.15) is 5.52 Å². The average molecular weight is 243 g/mol. The first kappa shape index (κ1) is 11.0. The number of benzene rings is 1. The van der Waals surface area contributed by atoms with Gasteiger partial charge in [-0.25, -0.2) is 0 Å². The number of hydrogen-bond donors (Lipinski definition) is 1. The Balaban J connectivity index is 2.16. The number of nitrogens with zero attached hydrogens (tertiary/aromatic N) is 2. The van der Waals surface area contributed by atoms with E-state index in [-0.39, 0.29) is 16.1 Å². The van der Waals surface area contributed by atoms with Gasteiger partial charge in [0.2, 0.25) is 0 Å². The second kappa shape index (κ2) is 3.66. The maximum absolute atomic E-state index is 11.0. The minimum atomic E-state index is -0.368. The van der Waals surface area contributed by atoms with Gasteiger partial charge in [-0.1, -0.05) is 0 Å². The highest BCUT2D eigenvalue weighted by Gasteiger charge is 2.37. The van der Waals surface area contributed by atoms with E-state index in [0.717, 1.165) is 18.5 Å². The minimum absolute atomic E-state index is 0.101. The number of anilines is 1. The quantitative estimate of drug-likeness (QED) is 0.664. The van der Waals surface area contributed by atoms with Gasteiger partial charge < -0.3 is 5.32 Å². The van der Waals surface area contributed by atoms with E-state index in [1.807, 2.05) is 0 Å². The van der Waals surface area contributed by atoms with Crippen molar-refractivity contribution in [3.63, 3.8) is 0 Å². The van der Waals surface area contributed by atoms with Crippen molar-refractivity contribution in [1.82, 2.24) is 4.98 Å². The Bertz CT molecular complexity index is 635. The van der Waals surface area contributed by atoms with E-state index >= 15 is 0 Å². The van der Waals surface area contributed by atoms with E-state index in [1.54, 1.807) is 24.4 Å². The van der Waals surface area contributed by atoms with Gasteiger partial charge in [0.05, 0.1) is 16.0 Å². The van der Waals surface area contributed by atoms with E-state index in [2.05, 4.69) is 17.2 Å². The van der Waals surface area contributed by atoms with E-state index in [9.17, 15) is 10.1 Å². The van der Waals surface area contributed by atoms with Gasteiger partial charge in [-0.3, -0.25) is 15.1 Å². The number of hydrogen-bond acceptors (Lipinski definition) is 4. The zero-order valence-corrected chi connectivity index (χ0v) is 10.0. The molecule has 0 spiro atoms. The monoisotopic (exact) mass is 243 g/mol. The number of rotatable bonds is 3. The molecule has 0 atom stereocenters. The first-order chi connectivity index (χ1) is 8.59. The second-order valence-electron chi connectivity index (χ2n) is 4.97. The number of pyridine rings is 1. The molecule has 0 amide bonds. The molecule has 1 saturated carbocycles. The molecule has 0 radical (unpaired) electrons. The lowest BCUT2D eigenvalue weighted by Gasteiger charge is -2.14. The average Bonchev–Trinajstić information content (AvgIpc) is 3.07. The normalized spacial score (nSPS) is 16.5. The SMILES string of the molecule is CC1(Nc2ccc([N+](=O)[O-])c3cccnc23)CC1. The van der Waals surface area contributed by atoms with Crippen LogP contribution in [0.2, 0.25) is 0 Å². The third-order valence-corrected chi connectivity index (χ3v) is 3.38. The molecular weight excluding hydrogens is 230 g/mol. The first-order valence-electron chi connectivity index (χ1n) is 5.89. The summed E-state index contributed by atoms with van der Waals surface area (Å²) < 4.78 is 0.